The van der Waals surface area contributed by atoms with E-state index in [2.05, 4.69) is 30.9 Å². The van der Waals surface area contributed by atoms with Gasteiger partial charge in [0.15, 0.2) is 11.5 Å². The lowest BCUT2D eigenvalue weighted by atomic mass is 9.95. The summed E-state index contributed by atoms with van der Waals surface area (Å²) in [5.41, 5.74) is 1.35. The molecule has 1 fully saturated rings. The molecule has 0 bridgehead atoms. The van der Waals surface area contributed by atoms with E-state index in [0.29, 0.717) is 11.3 Å². The average Bonchev–Trinajstić information content (AvgIpc) is 2.65. The molecule has 2 aromatic carbocycles. The Morgan fingerprint density at radius 2 is 1.70 bits per heavy atom. The molecule has 0 radical (unpaired) electrons. The number of benzene rings is 2. The van der Waals surface area contributed by atoms with Crippen LogP contribution in [0.15, 0.2) is 40.9 Å². The van der Waals surface area contributed by atoms with Gasteiger partial charge in [0.2, 0.25) is 0 Å². The van der Waals surface area contributed by atoms with Crippen molar-refractivity contribution < 1.29 is 27.8 Å². The third-order valence-electron chi connectivity index (χ3n) is 4.53. The minimum Gasteiger partial charge on any atom is -0.504 e. The summed E-state index contributed by atoms with van der Waals surface area (Å²) < 4.78 is 47.3. The van der Waals surface area contributed by atoms with Gasteiger partial charge in [-0.15, -0.1) is 38.0 Å². The van der Waals surface area contributed by atoms with E-state index in [0.717, 1.165) is 36.2 Å². The lowest BCUT2D eigenvalue weighted by Gasteiger charge is -2.36. The fraction of sp³-hybridized carbons (Fsp3) is 0.368. The second kappa shape index (κ2) is 11.3. The van der Waals surface area contributed by atoms with Gasteiger partial charge in [-0.1, -0.05) is 28.1 Å². The largest absolute Gasteiger partial charge is 0.573 e. The first-order chi connectivity index (χ1) is 13.3. The maximum Gasteiger partial charge on any atom is 0.573 e. The number of nitrogens with zero attached hydrogens (tertiary/aromatic N) is 1. The minimum absolute atomic E-state index is 0. The molecule has 30 heavy (non-hydrogen) atoms. The molecule has 0 aromatic heterocycles. The zero-order valence-corrected chi connectivity index (χ0v) is 19.1. The van der Waals surface area contributed by atoms with Gasteiger partial charge < -0.3 is 19.9 Å². The van der Waals surface area contributed by atoms with Crippen molar-refractivity contribution in [2.24, 2.45) is 0 Å². The van der Waals surface area contributed by atoms with Crippen molar-refractivity contribution in [3.8, 4) is 17.2 Å². The van der Waals surface area contributed by atoms with E-state index in [1.165, 1.54) is 19.2 Å². The fourth-order valence-corrected chi connectivity index (χ4v) is 3.79. The number of phenolic OH excluding ortho intramolecular Hbond substituents is 1. The Hall–Kier alpha value is -1.39. The summed E-state index contributed by atoms with van der Waals surface area (Å²) in [5.74, 6) is 0.0396. The Morgan fingerprint density at radius 1 is 1.10 bits per heavy atom. The smallest absolute Gasteiger partial charge is 0.504 e. The maximum absolute atomic E-state index is 12.4. The van der Waals surface area contributed by atoms with Crippen LogP contribution in [0.2, 0.25) is 0 Å². The lowest BCUT2D eigenvalue weighted by Crippen LogP contribution is -2.45. The van der Waals surface area contributed by atoms with Crippen LogP contribution in [0.3, 0.4) is 0 Å². The molecule has 0 saturated carbocycles. The summed E-state index contributed by atoms with van der Waals surface area (Å²) in [6.45, 7) is 2.99. The molecule has 1 atom stereocenters. The zero-order chi connectivity index (χ0) is 20.3. The van der Waals surface area contributed by atoms with Gasteiger partial charge in [0.05, 0.1) is 13.2 Å². The van der Waals surface area contributed by atoms with E-state index < -0.39 is 6.36 Å². The van der Waals surface area contributed by atoms with Crippen LogP contribution >= 0.6 is 40.7 Å². The summed E-state index contributed by atoms with van der Waals surface area (Å²) in [6, 6.07) is 8.84. The van der Waals surface area contributed by atoms with E-state index >= 15 is 0 Å². The number of nitrogens with one attached hydrogen (secondary N) is 1. The van der Waals surface area contributed by atoms with Crippen LogP contribution in [-0.4, -0.2) is 49.7 Å². The Morgan fingerprint density at radius 3 is 2.23 bits per heavy atom. The van der Waals surface area contributed by atoms with Crippen LogP contribution in [0.4, 0.5) is 13.2 Å². The Balaban J connectivity index is 0.00000225. The number of aromatic hydroxyl groups is 1. The van der Waals surface area contributed by atoms with Crippen LogP contribution in [0.1, 0.15) is 17.2 Å². The van der Waals surface area contributed by atoms with Gasteiger partial charge in [-0.25, -0.2) is 0 Å². The molecule has 0 aliphatic carbocycles. The molecule has 11 heteroatoms. The molecule has 0 spiro atoms. The molecule has 0 unspecified atom stereocenters. The molecule has 2 N–H and O–H groups in total. The Kier molecular flexibility index (Phi) is 10.0. The van der Waals surface area contributed by atoms with Gasteiger partial charge in [-0.05, 0) is 29.8 Å². The number of piperazine rings is 1. The van der Waals surface area contributed by atoms with E-state index in [-0.39, 0.29) is 42.4 Å². The number of hydrogen-bond acceptors (Lipinski definition) is 5. The van der Waals surface area contributed by atoms with Crippen molar-refractivity contribution in [3.05, 3.63) is 52.0 Å². The molecule has 1 aliphatic heterocycles. The summed E-state index contributed by atoms with van der Waals surface area (Å²) in [4.78, 5) is 2.16. The number of halogens is 6. The van der Waals surface area contributed by atoms with Crippen molar-refractivity contribution in [1.82, 2.24) is 10.2 Å². The quantitative estimate of drug-likeness (QED) is 0.572. The SMILES string of the molecule is COc1cc(Br)cc([C@H](c2ccc(OC(F)(F)F)cc2)N2CCNCC2)c1O.Cl.Cl. The normalized spacial score (nSPS) is 15.5. The van der Waals surface area contributed by atoms with Gasteiger partial charge in [0.1, 0.15) is 5.75 Å². The summed E-state index contributed by atoms with van der Waals surface area (Å²) >= 11 is 3.43. The third-order valence-corrected chi connectivity index (χ3v) is 4.99. The van der Waals surface area contributed by atoms with Crippen LogP contribution in [0.5, 0.6) is 17.2 Å². The second-order valence-corrected chi connectivity index (χ2v) is 7.27. The fourth-order valence-electron chi connectivity index (χ4n) is 3.34. The van der Waals surface area contributed by atoms with Crippen molar-refractivity contribution >= 4 is 40.7 Å². The Labute approximate surface area is 193 Å². The predicted octanol–water partition coefficient (Wildman–Crippen LogP) is 4.90. The number of ether oxygens (including phenoxy) is 2. The lowest BCUT2D eigenvalue weighted by molar-refractivity contribution is -0.274. The van der Waals surface area contributed by atoms with Crippen LogP contribution < -0.4 is 14.8 Å². The summed E-state index contributed by atoms with van der Waals surface area (Å²) in [7, 11) is 1.47. The third kappa shape index (κ3) is 6.55. The standard InChI is InChI=1S/C19H20BrF3N2O3.2ClH/c1-27-16-11-13(20)10-15(18(16)26)17(25-8-6-24-7-9-25)12-2-4-14(5-3-12)28-19(21,22)23;;/h2-5,10-11,17,24,26H,6-9H2,1H3;2*1H/t17-;;/m0../s1. The van der Waals surface area contributed by atoms with Gasteiger partial charge in [0.25, 0.3) is 0 Å². The molecule has 168 valence electrons. The van der Waals surface area contributed by atoms with Gasteiger partial charge in [-0.2, -0.15) is 0 Å². The highest BCUT2D eigenvalue weighted by molar-refractivity contribution is 9.10. The van der Waals surface area contributed by atoms with Gasteiger partial charge in [-0.3, -0.25) is 4.90 Å². The number of hydrogen-bond donors (Lipinski definition) is 2. The molecule has 5 nitrogen and oxygen atoms in total. The number of methoxy groups -OCH3 is 1. The van der Waals surface area contributed by atoms with E-state index in [1.807, 2.05) is 0 Å². The maximum atomic E-state index is 12.4. The average molecular weight is 534 g/mol. The van der Waals surface area contributed by atoms with Crippen LogP contribution in [0, 0.1) is 0 Å². The van der Waals surface area contributed by atoms with E-state index in [4.69, 9.17) is 4.74 Å². The first kappa shape index (κ1) is 26.6. The van der Waals surface area contributed by atoms with Gasteiger partial charge in [0, 0.05) is 36.2 Å². The monoisotopic (exact) mass is 532 g/mol. The first-order valence-electron chi connectivity index (χ1n) is 8.65. The highest BCUT2D eigenvalue weighted by atomic mass is 79.9. The summed E-state index contributed by atoms with van der Waals surface area (Å²) in [6.07, 6.45) is -4.74. The molecular weight excluding hydrogens is 512 g/mol. The molecule has 2 aromatic rings. The molecule has 0 amide bonds. The second-order valence-electron chi connectivity index (χ2n) is 6.35. The van der Waals surface area contributed by atoms with Crippen molar-refractivity contribution in [2.75, 3.05) is 33.3 Å². The first-order valence-corrected chi connectivity index (χ1v) is 9.44. The predicted molar refractivity (Wildman–Crippen MR) is 116 cm³/mol. The minimum atomic E-state index is -4.74. The van der Waals surface area contributed by atoms with Crippen LogP contribution in [-0.2, 0) is 0 Å². The number of phenols is 1. The van der Waals surface area contributed by atoms with Crippen molar-refractivity contribution in [2.45, 2.75) is 12.4 Å². The highest BCUT2D eigenvalue weighted by Crippen LogP contribution is 2.42. The molecule has 1 heterocycles. The molecule has 1 aliphatic rings. The van der Waals surface area contributed by atoms with Crippen molar-refractivity contribution in [3.63, 3.8) is 0 Å². The van der Waals surface area contributed by atoms with E-state index in [1.54, 1.807) is 24.3 Å². The molecule has 1 saturated heterocycles. The Bertz CT molecular complexity index is 820. The number of alkyl halides is 3. The highest BCUT2D eigenvalue weighted by Gasteiger charge is 2.32. The van der Waals surface area contributed by atoms with Gasteiger partial charge >= 0.3 is 6.36 Å². The topological polar surface area (TPSA) is 54.0 Å². The molecular formula is C19H22BrCl2F3N2O3. The zero-order valence-electron chi connectivity index (χ0n) is 15.9. The van der Waals surface area contributed by atoms with Crippen molar-refractivity contribution in [1.29, 1.82) is 0 Å². The summed E-state index contributed by atoms with van der Waals surface area (Å²) in [5, 5.41) is 14.0. The van der Waals surface area contributed by atoms with E-state index in [9.17, 15) is 18.3 Å². The molecule has 3 rings (SSSR count). The number of rotatable bonds is 5. The van der Waals surface area contributed by atoms with Crippen LogP contribution in [0.25, 0.3) is 0 Å².